The van der Waals surface area contributed by atoms with Crippen LogP contribution in [0.2, 0.25) is 51.9 Å². The van der Waals surface area contributed by atoms with E-state index in [4.69, 9.17) is 13.5 Å². The fraction of sp³-hybridized carbons (Fsp3) is 0.900. The zero-order valence-electron chi connectivity index (χ0n) is 11.7. The lowest BCUT2D eigenvalue weighted by Gasteiger charge is -2.38. The minimum Gasteiger partial charge on any atom is -0.437 e. The first-order chi connectivity index (χ1) is 6.97. The Hall–Kier alpha value is 0.0606. The molecule has 16 heavy (non-hydrogen) atoms. The van der Waals surface area contributed by atoms with Crippen LogP contribution >= 0.6 is 0 Å². The lowest BCUT2D eigenvalue weighted by Crippen LogP contribution is -2.52. The number of hydrogen-bond acceptors (Lipinski definition) is 3. The van der Waals surface area contributed by atoms with Crippen LogP contribution in [0.15, 0.2) is 0 Å². The Labute approximate surface area is 103 Å². The summed E-state index contributed by atoms with van der Waals surface area (Å²) in [6.45, 7) is 15.2. The third-order valence-corrected chi connectivity index (χ3v) is 11.2. The molecule has 0 spiro atoms. The highest BCUT2D eigenvalue weighted by Gasteiger charge is 2.39. The van der Waals surface area contributed by atoms with Crippen molar-refractivity contribution in [1.82, 2.24) is 0 Å². The van der Waals surface area contributed by atoms with Gasteiger partial charge in [0.25, 0.3) is 0 Å². The van der Waals surface area contributed by atoms with Gasteiger partial charge in [0.05, 0.1) is 6.07 Å². The van der Waals surface area contributed by atoms with E-state index in [1.165, 1.54) is 0 Å². The fourth-order valence-electron chi connectivity index (χ4n) is 1.70. The molecule has 0 aromatic carbocycles. The maximum atomic E-state index is 8.71. The van der Waals surface area contributed by atoms with Crippen molar-refractivity contribution in [2.75, 3.05) is 0 Å². The molecule has 3 nitrogen and oxygen atoms in total. The number of nitrogens with zero attached hydrogens (tertiary/aromatic N) is 1. The number of rotatable bonds is 6. The maximum Gasteiger partial charge on any atom is 0.315 e. The van der Waals surface area contributed by atoms with Gasteiger partial charge in [-0.1, -0.05) is 0 Å². The molecule has 0 amide bonds. The molecule has 0 bridgehead atoms. The molecule has 6 heteroatoms. The highest BCUT2D eigenvalue weighted by Crippen LogP contribution is 2.25. The van der Waals surface area contributed by atoms with Crippen molar-refractivity contribution in [2.24, 2.45) is 0 Å². The predicted molar refractivity (Wildman–Crippen MR) is 75.5 cm³/mol. The molecule has 0 heterocycles. The van der Waals surface area contributed by atoms with Gasteiger partial charge in [0, 0.05) is 12.5 Å². The largest absolute Gasteiger partial charge is 0.437 e. The summed E-state index contributed by atoms with van der Waals surface area (Å²) in [6, 6.07) is 2.99. The van der Waals surface area contributed by atoms with Gasteiger partial charge in [-0.2, -0.15) is 5.26 Å². The quantitative estimate of drug-likeness (QED) is 0.695. The zero-order chi connectivity index (χ0) is 13.0. The van der Waals surface area contributed by atoms with Gasteiger partial charge >= 0.3 is 8.56 Å². The van der Waals surface area contributed by atoms with Crippen molar-refractivity contribution in [1.29, 1.82) is 5.26 Å². The Bertz CT molecular complexity index is 247. The average Bonchev–Trinajstić information content (AvgIpc) is 1.93. The third kappa shape index (κ3) is 8.24. The molecule has 0 N–H and O–H groups in total. The summed E-state index contributed by atoms with van der Waals surface area (Å²) >= 11 is 0. The molecule has 0 aromatic rings. The molecule has 0 aliphatic rings. The molecule has 0 rings (SSSR count). The Morgan fingerprint density at radius 1 is 0.875 bits per heavy atom. The zero-order valence-corrected chi connectivity index (χ0v) is 14.7. The van der Waals surface area contributed by atoms with Crippen molar-refractivity contribution < 1.29 is 8.23 Å². The van der Waals surface area contributed by atoms with E-state index in [0.717, 1.165) is 6.04 Å². The highest BCUT2D eigenvalue weighted by atomic mass is 28.5. The van der Waals surface area contributed by atoms with Crippen molar-refractivity contribution in [3.63, 3.8) is 0 Å². The summed E-state index contributed by atoms with van der Waals surface area (Å²) in [7, 11) is -5.33. The van der Waals surface area contributed by atoms with Crippen molar-refractivity contribution >= 4 is 25.2 Å². The number of nitriles is 1. The molecular weight excluding hydrogens is 250 g/mol. The summed E-state index contributed by atoms with van der Waals surface area (Å²) in [6.07, 6.45) is 0.539. The minimum atomic E-state index is -2.14. The number of hydrogen-bond donors (Lipinski definition) is 0. The SMILES string of the molecule is C[Si](C)(C)O[Si](C)(CCC#N)O[Si](C)(C)C. The first-order valence-corrected chi connectivity index (χ1v) is 15.1. The molecule has 0 aromatic heterocycles. The molecular formula is C10H25NO2Si3. The highest BCUT2D eigenvalue weighted by molar-refractivity contribution is 6.87. The van der Waals surface area contributed by atoms with E-state index in [9.17, 15) is 0 Å². The van der Waals surface area contributed by atoms with Gasteiger partial charge in [-0.05, 0) is 45.8 Å². The second kappa shape index (κ2) is 5.60. The standard InChI is InChI=1S/C10H25NO2Si3/c1-14(2,3)12-16(7,10-8-9-11)13-15(4,5)6/h8,10H2,1-7H3. The van der Waals surface area contributed by atoms with E-state index in [1.807, 2.05) is 0 Å². The van der Waals surface area contributed by atoms with Gasteiger partial charge in [0.15, 0.2) is 16.6 Å². The van der Waals surface area contributed by atoms with Crippen LogP contribution < -0.4 is 0 Å². The van der Waals surface area contributed by atoms with Gasteiger partial charge in [0.2, 0.25) is 0 Å². The molecule has 0 saturated heterocycles. The minimum absolute atomic E-state index is 0.539. The van der Waals surface area contributed by atoms with E-state index >= 15 is 0 Å². The summed E-state index contributed by atoms with van der Waals surface area (Å²) < 4.78 is 12.5. The van der Waals surface area contributed by atoms with Gasteiger partial charge in [-0.15, -0.1) is 0 Å². The molecule has 0 saturated carbocycles. The van der Waals surface area contributed by atoms with Crippen molar-refractivity contribution in [3.05, 3.63) is 0 Å². The summed E-state index contributed by atoms with van der Waals surface area (Å²) in [4.78, 5) is 0. The fourth-order valence-corrected chi connectivity index (χ4v) is 14.0. The van der Waals surface area contributed by atoms with Crippen LogP contribution in [0.25, 0.3) is 0 Å². The summed E-state index contributed by atoms with van der Waals surface area (Å²) in [5, 5.41) is 8.71. The Kier molecular flexibility index (Phi) is 5.62. The van der Waals surface area contributed by atoms with E-state index < -0.39 is 25.2 Å². The maximum absolute atomic E-state index is 8.71. The summed E-state index contributed by atoms with van der Waals surface area (Å²) in [5.41, 5.74) is 0. The van der Waals surface area contributed by atoms with Crippen LogP contribution in [0.4, 0.5) is 0 Å². The Morgan fingerprint density at radius 2 is 1.25 bits per heavy atom. The van der Waals surface area contributed by atoms with Crippen molar-refractivity contribution in [3.8, 4) is 6.07 Å². The van der Waals surface area contributed by atoms with Crippen LogP contribution in [-0.2, 0) is 8.23 Å². The molecule has 0 aliphatic heterocycles. The monoisotopic (exact) mass is 275 g/mol. The van der Waals surface area contributed by atoms with E-state index in [-0.39, 0.29) is 0 Å². The van der Waals surface area contributed by atoms with E-state index in [0.29, 0.717) is 6.42 Å². The molecule has 0 radical (unpaired) electrons. The first-order valence-electron chi connectivity index (χ1n) is 5.75. The van der Waals surface area contributed by atoms with Gasteiger partial charge in [-0.25, -0.2) is 0 Å². The molecule has 0 unspecified atom stereocenters. The van der Waals surface area contributed by atoms with Gasteiger partial charge in [0.1, 0.15) is 0 Å². The second-order valence-corrected chi connectivity index (χ2v) is 19.1. The average molecular weight is 276 g/mol. The van der Waals surface area contributed by atoms with Crippen molar-refractivity contribution in [2.45, 2.75) is 58.3 Å². The summed E-state index contributed by atoms with van der Waals surface area (Å²) in [5.74, 6) is 0. The molecule has 0 fully saturated rings. The Morgan fingerprint density at radius 3 is 1.50 bits per heavy atom. The third-order valence-electron chi connectivity index (χ3n) is 1.74. The lowest BCUT2D eigenvalue weighted by molar-refractivity contribution is 0.384. The van der Waals surface area contributed by atoms with Crippen LogP contribution in [0.5, 0.6) is 0 Å². The predicted octanol–water partition coefficient (Wildman–Crippen LogP) is 3.68. The molecule has 0 aliphatic carbocycles. The van der Waals surface area contributed by atoms with Gasteiger partial charge < -0.3 is 8.23 Å². The Balaban J connectivity index is 4.69. The molecule has 0 atom stereocenters. The van der Waals surface area contributed by atoms with Crippen LogP contribution in [0, 0.1) is 11.3 Å². The van der Waals surface area contributed by atoms with Crippen LogP contribution in [0.3, 0.4) is 0 Å². The van der Waals surface area contributed by atoms with Crippen LogP contribution in [0.1, 0.15) is 6.42 Å². The van der Waals surface area contributed by atoms with E-state index in [1.54, 1.807) is 0 Å². The normalized spacial score (nSPS) is 13.6. The van der Waals surface area contributed by atoms with Crippen LogP contribution in [-0.4, -0.2) is 25.2 Å². The van der Waals surface area contributed by atoms with E-state index in [2.05, 4.69) is 51.9 Å². The topological polar surface area (TPSA) is 42.2 Å². The van der Waals surface area contributed by atoms with Gasteiger partial charge in [-0.3, -0.25) is 0 Å². The first kappa shape index (κ1) is 16.1. The smallest absolute Gasteiger partial charge is 0.315 e. The molecule has 94 valence electrons. The second-order valence-electron chi connectivity index (χ2n) is 6.22. The lowest BCUT2D eigenvalue weighted by atomic mass is 10.6.